The van der Waals surface area contributed by atoms with Crippen LogP contribution in [0.25, 0.3) is 0 Å². The number of carbonyl (C=O) groups is 1. The first-order valence-electron chi connectivity index (χ1n) is 5.28. The van der Waals surface area contributed by atoms with Gasteiger partial charge < -0.3 is 14.7 Å². The van der Waals surface area contributed by atoms with Crippen molar-refractivity contribution in [3.63, 3.8) is 0 Å². The van der Waals surface area contributed by atoms with Gasteiger partial charge in [0.25, 0.3) is 0 Å². The second-order valence-electron chi connectivity index (χ2n) is 4.82. The van der Waals surface area contributed by atoms with E-state index >= 15 is 0 Å². The molecule has 0 bridgehead atoms. The summed E-state index contributed by atoms with van der Waals surface area (Å²) in [5, 5.41) is 8.64. The number of rotatable bonds is 1. The first-order valence-corrected chi connectivity index (χ1v) is 5.28. The summed E-state index contributed by atoms with van der Waals surface area (Å²) < 4.78 is 18.2. The van der Waals surface area contributed by atoms with Crippen LogP contribution in [0.5, 0.6) is 0 Å². The van der Waals surface area contributed by atoms with Crippen LogP contribution in [0, 0.1) is 0 Å². The lowest BCUT2D eigenvalue weighted by molar-refractivity contribution is 0.0299. The average Bonchev–Trinajstić information content (AvgIpc) is 2.62. The number of aliphatic hydroxyl groups excluding tert-OH is 1. The fourth-order valence-corrected chi connectivity index (χ4v) is 1.47. The van der Waals surface area contributed by atoms with E-state index in [9.17, 15) is 9.18 Å². The molecule has 1 heterocycles. The van der Waals surface area contributed by atoms with Crippen molar-refractivity contribution in [3.05, 3.63) is 11.4 Å². The van der Waals surface area contributed by atoms with Gasteiger partial charge in [-0.15, -0.1) is 0 Å². The van der Waals surface area contributed by atoms with E-state index in [4.69, 9.17) is 9.84 Å². The number of aliphatic hydroxyl groups is 1. The van der Waals surface area contributed by atoms with E-state index in [1.54, 1.807) is 20.8 Å². The molecule has 0 aromatic carbocycles. The van der Waals surface area contributed by atoms with E-state index in [0.29, 0.717) is 18.5 Å². The van der Waals surface area contributed by atoms with E-state index in [2.05, 4.69) is 0 Å². The Kier molecular flexibility index (Phi) is 3.91. The van der Waals surface area contributed by atoms with Crippen LogP contribution in [-0.2, 0) is 4.74 Å². The van der Waals surface area contributed by atoms with Gasteiger partial charge in [-0.3, -0.25) is 0 Å². The Balaban J connectivity index is 2.57. The van der Waals surface area contributed by atoms with Gasteiger partial charge in [0.1, 0.15) is 11.4 Å². The van der Waals surface area contributed by atoms with Crippen LogP contribution < -0.4 is 0 Å². The molecule has 1 aliphatic heterocycles. The van der Waals surface area contributed by atoms with Gasteiger partial charge in [-0.25, -0.2) is 9.18 Å². The monoisotopic (exact) mass is 231 g/mol. The predicted molar refractivity (Wildman–Crippen MR) is 57.6 cm³/mol. The Morgan fingerprint density at radius 1 is 1.56 bits per heavy atom. The highest BCUT2D eigenvalue weighted by Gasteiger charge is 2.27. The molecule has 0 unspecified atom stereocenters. The second kappa shape index (κ2) is 4.82. The van der Waals surface area contributed by atoms with Crippen LogP contribution in [0.1, 0.15) is 27.2 Å². The number of halogens is 1. The quantitative estimate of drug-likeness (QED) is 0.749. The highest BCUT2D eigenvalue weighted by Crippen LogP contribution is 2.21. The fraction of sp³-hybridized carbons (Fsp3) is 0.727. The molecule has 1 fully saturated rings. The lowest BCUT2D eigenvalue weighted by atomic mass is 10.2. The first-order chi connectivity index (χ1) is 7.33. The van der Waals surface area contributed by atoms with Gasteiger partial charge in [0.2, 0.25) is 0 Å². The highest BCUT2D eigenvalue weighted by molar-refractivity contribution is 5.69. The molecular formula is C11H18FNO3. The number of carbonyl (C=O) groups excluding carboxylic acids is 1. The molecule has 0 aromatic heterocycles. The maximum absolute atomic E-state index is 13.1. The van der Waals surface area contributed by atoms with Crippen molar-refractivity contribution < 1.29 is 19.0 Å². The molecule has 0 aromatic rings. The zero-order valence-electron chi connectivity index (χ0n) is 9.92. The number of amides is 1. The average molecular weight is 231 g/mol. The van der Waals surface area contributed by atoms with E-state index in [0.717, 1.165) is 0 Å². The lowest BCUT2D eigenvalue weighted by Crippen LogP contribution is -2.34. The summed E-state index contributed by atoms with van der Waals surface area (Å²) >= 11 is 0. The first kappa shape index (κ1) is 13.0. The molecule has 5 heteroatoms. The third-order valence-corrected chi connectivity index (χ3v) is 2.24. The van der Waals surface area contributed by atoms with E-state index in [-0.39, 0.29) is 6.54 Å². The number of ether oxygens (including phenoxy) is 1. The van der Waals surface area contributed by atoms with Crippen molar-refractivity contribution in [3.8, 4) is 0 Å². The molecule has 1 saturated heterocycles. The third-order valence-electron chi connectivity index (χ3n) is 2.24. The van der Waals surface area contributed by atoms with Gasteiger partial charge in [-0.1, -0.05) is 0 Å². The summed E-state index contributed by atoms with van der Waals surface area (Å²) in [5.74, 6) is -0.536. The fourth-order valence-electron chi connectivity index (χ4n) is 1.47. The smallest absolute Gasteiger partial charge is 0.410 e. The van der Waals surface area contributed by atoms with E-state index in [1.807, 2.05) is 0 Å². The van der Waals surface area contributed by atoms with Crippen LogP contribution in [0.3, 0.4) is 0 Å². The van der Waals surface area contributed by atoms with Crippen molar-refractivity contribution >= 4 is 6.09 Å². The summed E-state index contributed by atoms with van der Waals surface area (Å²) in [6.07, 6.45) is 0.0271. The lowest BCUT2D eigenvalue weighted by Gasteiger charge is -2.23. The van der Waals surface area contributed by atoms with Crippen LogP contribution in [0.4, 0.5) is 9.18 Å². The number of hydrogen-bond donors (Lipinski definition) is 1. The Bertz CT molecular complexity index is 307. The van der Waals surface area contributed by atoms with Gasteiger partial charge in [-0.05, 0) is 32.8 Å². The Hall–Kier alpha value is -1.10. The molecule has 0 aliphatic carbocycles. The third kappa shape index (κ3) is 3.48. The molecule has 1 rings (SSSR count). The molecule has 0 atom stereocenters. The Morgan fingerprint density at radius 3 is 2.69 bits per heavy atom. The molecule has 0 saturated carbocycles. The van der Waals surface area contributed by atoms with Gasteiger partial charge >= 0.3 is 6.09 Å². The summed E-state index contributed by atoms with van der Waals surface area (Å²) in [7, 11) is 0. The second-order valence-corrected chi connectivity index (χ2v) is 4.82. The standard InChI is InChI=1S/C11H18FNO3/c1-11(2,3)16-10(15)13-5-4-8(6-13)9(12)7-14/h14H,4-7H2,1-3H3/b9-8-. The van der Waals surface area contributed by atoms with E-state index < -0.39 is 24.1 Å². The topological polar surface area (TPSA) is 49.8 Å². The van der Waals surface area contributed by atoms with Crippen molar-refractivity contribution in [2.45, 2.75) is 32.8 Å². The summed E-state index contributed by atoms with van der Waals surface area (Å²) in [4.78, 5) is 13.1. The molecule has 1 aliphatic rings. The molecule has 1 N–H and O–H groups in total. The Morgan fingerprint density at radius 2 is 2.19 bits per heavy atom. The largest absolute Gasteiger partial charge is 0.444 e. The number of nitrogens with zero attached hydrogens (tertiary/aromatic N) is 1. The Labute approximate surface area is 94.7 Å². The van der Waals surface area contributed by atoms with E-state index in [1.165, 1.54) is 4.90 Å². The zero-order valence-corrected chi connectivity index (χ0v) is 9.92. The van der Waals surface area contributed by atoms with Crippen LogP contribution in [0.2, 0.25) is 0 Å². The summed E-state index contributed by atoms with van der Waals surface area (Å²) in [5.41, 5.74) is -0.0626. The SMILES string of the molecule is CC(C)(C)OC(=O)N1CC/C(=C(/F)CO)C1. The molecular weight excluding hydrogens is 213 g/mol. The number of hydrogen-bond acceptors (Lipinski definition) is 3. The van der Waals surface area contributed by atoms with Gasteiger partial charge in [-0.2, -0.15) is 0 Å². The minimum Gasteiger partial charge on any atom is -0.444 e. The maximum atomic E-state index is 13.1. The maximum Gasteiger partial charge on any atom is 0.410 e. The van der Waals surface area contributed by atoms with Crippen LogP contribution in [0.15, 0.2) is 11.4 Å². The van der Waals surface area contributed by atoms with Crippen molar-refractivity contribution in [1.82, 2.24) is 4.90 Å². The predicted octanol–water partition coefficient (Wildman–Crippen LogP) is 1.84. The summed E-state index contributed by atoms with van der Waals surface area (Å²) in [6.45, 7) is 5.40. The zero-order chi connectivity index (χ0) is 12.3. The number of likely N-dealkylation sites (tertiary alicyclic amines) is 1. The van der Waals surface area contributed by atoms with Gasteiger partial charge in [0.05, 0.1) is 6.61 Å². The molecule has 4 nitrogen and oxygen atoms in total. The van der Waals surface area contributed by atoms with Crippen molar-refractivity contribution in [2.75, 3.05) is 19.7 Å². The highest BCUT2D eigenvalue weighted by atomic mass is 19.1. The van der Waals surface area contributed by atoms with Crippen LogP contribution >= 0.6 is 0 Å². The minimum absolute atomic E-state index is 0.210. The minimum atomic E-state index is -0.600. The molecule has 0 radical (unpaired) electrons. The molecule has 0 spiro atoms. The normalized spacial score (nSPS) is 19.9. The molecule has 16 heavy (non-hydrogen) atoms. The van der Waals surface area contributed by atoms with Gasteiger partial charge in [0, 0.05) is 13.1 Å². The molecule has 92 valence electrons. The van der Waals surface area contributed by atoms with Crippen molar-refractivity contribution in [1.29, 1.82) is 0 Å². The summed E-state index contributed by atoms with van der Waals surface area (Å²) in [6, 6.07) is 0. The van der Waals surface area contributed by atoms with Crippen LogP contribution in [-0.4, -0.2) is 41.4 Å². The van der Waals surface area contributed by atoms with Crippen molar-refractivity contribution in [2.24, 2.45) is 0 Å². The van der Waals surface area contributed by atoms with Gasteiger partial charge in [0.15, 0.2) is 0 Å². The molecule has 1 amide bonds.